The highest BCUT2D eigenvalue weighted by Crippen LogP contribution is 2.27. The Morgan fingerprint density at radius 2 is 1.95 bits per heavy atom. The average Bonchev–Trinajstić information content (AvgIpc) is 2.48. The van der Waals surface area contributed by atoms with Crippen LogP contribution >= 0.6 is 11.6 Å². The Morgan fingerprint density at radius 1 is 1.24 bits per heavy atom. The van der Waals surface area contributed by atoms with Gasteiger partial charge in [0.25, 0.3) is 0 Å². The van der Waals surface area contributed by atoms with Gasteiger partial charge in [-0.1, -0.05) is 43.7 Å². The summed E-state index contributed by atoms with van der Waals surface area (Å²) >= 11 is 5.88. The number of carbonyl (C=O) groups is 2. The molecular formula is C16H21ClN2O2. The highest BCUT2D eigenvalue weighted by atomic mass is 35.5. The monoisotopic (exact) mass is 308 g/mol. The quantitative estimate of drug-likeness (QED) is 0.869. The Labute approximate surface area is 130 Å². The van der Waals surface area contributed by atoms with Crippen molar-refractivity contribution in [2.75, 3.05) is 5.32 Å². The van der Waals surface area contributed by atoms with Crippen LogP contribution in [0.25, 0.3) is 0 Å². The topological polar surface area (TPSA) is 72.2 Å². The molecule has 0 radical (unpaired) electrons. The third-order valence-electron chi connectivity index (χ3n) is 4.02. The van der Waals surface area contributed by atoms with E-state index in [1.165, 1.54) is 38.2 Å². The fourth-order valence-electron chi connectivity index (χ4n) is 2.83. The number of amides is 2. The van der Waals surface area contributed by atoms with Gasteiger partial charge in [-0.25, -0.2) is 0 Å². The van der Waals surface area contributed by atoms with E-state index in [1.807, 2.05) is 0 Å². The van der Waals surface area contributed by atoms with Gasteiger partial charge in [-0.2, -0.15) is 0 Å². The van der Waals surface area contributed by atoms with Crippen molar-refractivity contribution in [2.24, 2.45) is 11.7 Å². The molecule has 1 aliphatic rings. The summed E-state index contributed by atoms with van der Waals surface area (Å²) in [5.74, 6) is 0.0486. The second kappa shape index (κ2) is 7.46. The van der Waals surface area contributed by atoms with Crippen molar-refractivity contribution in [2.45, 2.75) is 44.9 Å². The van der Waals surface area contributed by atoms with E-state index in [9.17, 15) is 9.59 Å². The number of halogens is 1. The molecule has 1 aromatic rings. The number of hydrogen-bond acceptors (Lipinski definition) is 2. The van der Waals surface area contributed by atoms with E-state index in [0.717, 1.165) is 6.42 Å². The van der Waals surface area contributed by atoms with Gasteiger partial charge < -0.3 is 11.1 Å². The minimum Gasteiger partial charge on any atom is -0.366 e. The fourth-order valence-corrected chi connectivity index (χ4v) is 3.04. The third kappa shape index (κ3) is 4.74. The van der Waals surface area contributed by atoms with Crippen molar-refractivity contribution in [3.8, 4) is 0 Å². The second-order valence-electron chi connectivity index (χ2n) is 5.65. The summed E-state index contributed by atoms with van der Waals surface area (Å²) in [6.45, 7) is 0. The molecule has 0 atom stereocenters. The van der Waals surface area contributed by atoms with E-state index in [-0.39, 0.29) is 11.5 Å². The zero-order valence-corrected chi connectivity index (χ0v) is 12.8. The van der Waals surface area contributed by atoms with Crippen LogP contribution in [0, 0.1) is 5.92 Å². The zero-order valence-electron chi connectivity index (χ0n) is 12.0. The summed E-state index contributed by atoms with van der Waals surface area (Å²) in [5, 5.41) is 3.09. The number of benzene rings is 1. The zero-order chi connectivity index (χ0) is 15.2. The molecule has 0 aromatic heterocycles. The van der Waals surface area contributed by atoms with Crippen LogP contribution in [0.4, 0.5) is 5.69 Å². The highest BCUT2D eigenvalue weighted by Gasteiger charge is 2.15. The molecule has 0 saturated heterocycles. The maximum atomic E-state index is 12.0. The lowest BCUT2D eigenvalue weighted by molar-refractivity contribution is -0.116. The van der Waals surface area contributed by atoms with Crippen molar-refractivity contribution < 1.29 is 9.59 Å². The summed E-state index contributed by atoms with van der Waals surface area (Å²) in [6.07, 6.45) is 7.81. The van der Waals surface area contributed by atoms with E-state index in [4.69, 9.17) is 17.3 Å². The SMILES string of the molecule is NC(=O)c1cc(NC(=O)CCC2CCCCC2)ccc1Cl. The molecule has 1 fully saturated rings. The summed E-state index contributed by atoms with van der Waals surface area (Å²) in [6, 6.07) is 4.76. The van der Waals surface area contributed by atoms with Gasteiger partial charge in [0.15, 0.2) is 0 Å². The van der Waals surface area contributed by atoms with Crippen molar-refractivity contribution in [3.05, 3.63) is 28.8 Å². The Kier molecular flexibility index (Phi) is 5.62. The van der Waals surface area contributed by atoms with Crippen molar-refractivity contribution in [1.82, 2.24) is 0 Å². The van der Waals surface area contributed by atoms with E-state index in [1.54, 1.807) is 12.1 Å². The van der Waals surface area contributed by atoms with Gasteiger partial charge in [0.2, 0.25) is 11.8 Å². The molecule has 0 unspecified atom stereocenters. The van der Waals surface area contributed by atoms with Crippen molar-refractivity contribution >= 4 is 29.1 Å². The number of nitrogens with one attached hydrogen (secondary N) is 1. The van der Waals surface area contributed by atoms with E-state index in [2.05, 4.69) is 5.32 Å². The molecule has 1 aromatic carbocycles. The van der Waals surface area contributed by atoms with Crippen LogP contribution in [0.1, 0.15) is 55.3 Å². The number of anilines is 1. The molecule has 2 amide bonds. The first kappa shape index (κ1) is 15.8. The van der Waals surface area contributed by atoms with E-state index >= 15 is 0 Å². The van der Waals surface area contributed by atoms with Crippen molar-refractivity contribution in [3.63, 3.8) is 0 Å². The van der Waals surface area contributed by atoms with Gasteiger partial charge in [0.1, 0.15) is 0 Å². The smallest absolute Gasteiger partial charge is 0.250 e. The number of carbonyl (C=O) groups excluding carboxylic acids is 2. The fraction of sp³-hybridized carbons (Fsp3) is 0.500. The molecule has 21 heavy (non-hydrogen) atoms. The lowest BCUT2D eigenvalue weighted by atomic mass is 9.86. The molecule has 1 aliphatic carbocycles. The molecule has 1 saturated carbocycles. The van der Waals surface area contributed by atoms with Crippen molar-refractivity contribution in [1.29, 1.82) is 0 Å². The maximum Gasteiger partial charge on any atom is 0.250 e. The Morgan fingerprint density at radius 3 is 2.62 bits per heavy atom. The predicted molar refractivity (Wildman–Crippen MR) is 84.4 cm³/mol. The van der Waals surface area contributed by atoms with Gasteiger partial charge in [0, 0.05) is 12.1 Å². The van der Waals surface area contributed by atoms with Gasteiger partial charge >= 0.3 is 0 Å². The number of hydrogen-bond donors (Lipinski definition) is 2. The van der Waals surface area contributed by atoms with Crippen LogP contribution < -0.4 is 11.1 Å². The van der Waals surface area contributed by atoms with Gasteiger partial charge in [-0.3, -0.25) is 9.59 Å². The summed E-state index contributed by atoms with van der Waals surface area (Å²) in [7, 11) is 0. The minimum atomic E-state index is -0.599. The Hall–Kier alpha value is -1.55. The second-order valence-corrected chi connectivity index (χ2v) is 6.06. The van der Waals surface area contributed by atoms with E-state index in [0.29, 0.717) is 23.0 Å². The molecule has 0 aliphatic heterocycles. The number of rotatable bonds is 5. The predicted octanol–water partition coefficient (Wildman–Crippen LogP) is 3.74. The molecule has 3 N–H and O–H groups in total. The van der Waals surface area contributed by atoms with Crippen LogP contribution in [0.2, 0.25) is 5.02 Å². The van der Waals surface area contributed by atoms with Crippen LogP contribution in [0.5, 0.6) is 0 Å². The summed E-state index contributed by atoms with van der Waals surface area (Å²) in [5.41, 5.74) is 6.02. The first-order valence-corrected chi connectivity index (χ1v) is 7.83. The molecular weight excluding hydrogens is 288 g/mol. The Balaban J connectivity index is 1.87. The van der Waals surface area contributed by atoms with E-state index < -0.39 is 5.91 Å². The highest BCUT2D eigenvalue weighted by molar-refractivity contribution is 6.33. The molecule has 0 heterocycles. The van der Waals surface area contributed by atoms with Crippen LogP contribution in [-0.4, -0.2) is 11.8 Å². The lowest BCUT2D eigenvalue weighted by Crippen LogP contribution is -2.16. The van der Waals surface area contributed by atoms with Crippen LogP contribution in [0.15, 0.2) is 18.2 Å². The lowest BCUT2D eigenvalue weighted by Gasteiger charge is -2.21. The summed E-state index contributed by atoms with van der Waals surface area (Å²) < 4.78 is 0. The van der Waals surface area contributed by atoms with Gasteiger partial charge in [-0.15, -0.1) is 0 Å². The first-order valence-electron chi connectivity index (χ1n) is 7.45. The molecule has 2 rings (SSSR count). The van der Waals surface area contributed by atoms with Crippen LogP contribution in [-0.2, 0) is 4.79 Å². The molecule has 0 bridgehead atoms. The average molecular weight is 309 g/mol. The number of nitrogens with two attached hydrogens (primary N) is 1. The Bertz CT molecular complexity index is 525. The molecule has 4 nitrogen and oxygen atoms in total. The normalized spacial score (nSPS) is 15.7. The third-order valence-corrected chi connectivity index (χ3v) is 4.35. The number of primary amides is 1. The molecule has 0 spiro atoms. The standard InChI is InChI=1S/C16H21ClN2O2/c17-14-8-7-12(10-13(14)16(18)21)19-15(20)9-6-11-4-2-1-3-5-11/h7-8,10-11H,1-6,9H2,(H2,18,21)(H,19,20). The summed E-state index contributed by atoms with van der Waals surface area (Å²) in [4.78, 5) is 23.2. The van der Waals surface area contributed by atoms with Gasteiger partial charge in [-0.05, 0) is 30.5 Å². The first-order chi connectivity index (χ1) is 10.1. The minimum absolute atomic E-state index is 0.0293. The molecule has 5 heteroatoms. The van der Waals surface area contributed by atoms with Gasteiger partial charge in [0.05, 0.1) is 10.6 Å². The molecule has 114 valence electrons. The van der Waals surface area contributed by atoms with Crippen LogP contribution in [0.3, 0.4) is 0 Å². The maximum absolute atomic E-state index is 12.0. The largest absolute Gasteiger partial charge is 0.366 e.